The second-order valence-electron chi connectivity index (χ2n) is 5.30. The molecule has 3 nitrogen and oxygen atoms in total. The molecule has 0 fully saturated rings. The lowest BCUT2D eigenvalue weighted by atomic mass is 10.1. The minimum absolute atomic E-state index is 0.613. The molecule has 0 unspecified atom stereocenters. The molecule has 0 aliphatic carbocycles. The molecule has 0 radical (unpaired) electrons. The van der Waals surface area contributed by atoms with Gasteiger partial charge < -0.3 is 15.5 Å². The second-order valence-corrected chi connectivity index (χ2v) is 5.30. The minimum atomic E-state index is 0.613. The van der Waals surface area contributed by atoms with Crippen LogP contribution in [0.25, 0.3) is 0 Å². The van der Waals surface area contributed by atoms with E-state index in [1.54, 1.807) is 0 Å². The van der Waals surface area contributed by atoms with Gasteiger partial charge in [-0.05, 0) is 57.1 Å². The van der Waals surface area contributed by atoms with Gasteiger partial charge in [-0.2, -0.15) is 0 Å². The number of aryl methyl sites for hydroxylation is 1. The molecule has 0 spiro atoms. The molecule has 1 rings (SSSR count). The Labute approximate surface area is 124 Å². The summed E-state index contributed by atoms with van der Waals surface area (Å²) in [7, 11) is 0. The van der Waals surface area contributed by atoms with Crippen molar-refractivity contribution in [1.82, 2.24) is 4.90 Å². The van der Waals surface area contributed by atoms with Crippen LogP contribution in [-0.4, -0.2) is 37.6 Å². The summed E-state index contributed by atoms with van der Waals surface area (Å²) in [6.07, 6.45) is 1.20. The third kappa shape index (κ3) is 4.80. The maximum atomic E-state index is 5.88. The minimum Gasteiger partial charge on any atom is -0.371 e. The number of hydrogen-bond donors (Lipinski definition) is 1. The number of nitrogens with zero attached hydrogens (tertiary/aromatic N) is 2. The van der Waals surface area contributed by atoms with Crippen LogP contribution in [0.4, 0.5) is 5.69 Å². The average Bonchev–Trinajstić information content (AvgIpc) is 2.47. The fourth-order valence-corrected chi connectivity index (χ4v) is 2.61. The van der Waals surface area contributed by atoms with Crippen LogP contribution >= 0.6 is 0 Å². The molecule has 20 heavy (non-hydrogen) atoms. The monoisotopic (exact) mass is 277 g/mol. The van der Waals surface area contributed by atoms with Gasteiger partial charge in [0.1, 0.15) is 0 Å². The lowest BCUT2D eigenvalue weighted by molar-refractivity contribution is 0.300. The van der Waals surface area contributed by atoms with Crippen LogP contribution in [0.3, 0.4) is 0 Å². The van der Waals surface area contributed by atoms with Gasteiger partial charge in [-0.1, -0.05) is 26.0 Å². The largest absolute Gasteiger partial charge is 0.371 e. The molecule has 3 heteroatoms. The Morgan fingerprint density at radius 3 is 2.25 bits per heavy atom. The van der Waals surface area contributed by atoms with E-state index in [1.807, 2.05) is 0 Å². The molecule has 0 aromatic heterocycles. The molecular formula is C17H31N3. The zero-order valence-corrected chi connectivity index (χ0v) is 13.7. The highest BCUT2D eigenvalue weighted by molar-refractivity contribution is 5.55. The highest BCUT2D eigenvalue weighted by atomic mass is 15.1. The summed E-state index contributed by atoms with van der Waals surface area (Å²) >= 11 is 0. The summed E-state index contributed by atoms with van der Waals surface area (Å²) in [6, 6.07) is 6.58. The van der Waals surface area contributed by atoms with Crippen LogP contribution in [0.15, 0.2) is 18.2 Å². The van der Waals surface area contributed by atoms with Gasteiger partial charge in [-0.3, -0.25) is 0 Å². The number of hydrogen-bond acceptors (Lipinski definition) is 3. The first-order valence-corrected chi connectivity index (χ1v) is 7.93. The summed E-state index contributed by atoms with van der Waals surface area (Å²) in [5.41, 5.74) is 9.75. The highest BCUT2D eigenvalue weighted by Crippen LogP contribution is 2.22. The lowest BCUT2D eigenvalue weighted by Crippen LogP contribution is -2.30. The van der Waals surface area contributed by atoms with Crippen molar-refractivity contribution in [3.63, 3.8) is 0 Å². The van der Waals surface area contributed by atoms with Gasteiger partial charge in [-0.25, -0.2) is 0 Å². The quantitative estimate of drug-likeness (QED) is 0.753. The SMILES string of the molecule is CCN(CC)CCCN(CC)c1cc(C)ccc1CN. The normalized spacial score (nSPS) is 11.1. The van der Waals surface area contributed by atoms with E-state index in [0.29, 0.717) is 6.54 Å². The maximum absolute atomic E-state index is 5.88. The van der Waals surface area contributed by atoms with Gasteiger partial charge >= 0.3 is 0 Å². The molecule has 0 amide bonds. The fourth-order valence-electron chi connectivity index (χ4n) is 2.61. The number of benzene rings is 1. The van der Waals surface area contributed by atoms with Gasteiger partial charge in [0.2, 0.25) is 0 Å². The zero-order chi connectivity index (χ0) is 15.0. The zero-order valence-electron chi connectivity index (χ0n) is 13.7. The van der Waals surface area contributed by atoms with Gasteiger partial charge in [-0.15, -0.1) is 0 Å². The molecule has 0 bridgehead atoms. The van der Waals surface area contributed by atoms with Crippen LogP contribution in [0, 0.1) is 6.92 Å². The smallest absolute Gasteiger partial charge is 0.0414 e. The summed E-state index contributed by atoms with van der Waals surface area (Å²) in [5, 5.41) is 0. The predicted octanol–water partition coefficient (Wildman–Crippen LogP) is 3.01. The van der Waals surface area contributed by atoms with Crippen molar-refractivity contribution in [3.8, 4) is 0 Å². The van der Waals surface area contributed by atoms with E-state index in [2.05, 4.69) is 55.7 Å². The van der Waals surface area contributed by atoms with Crippen molar-refractivity contribution in [2.75, 3.05) is 37.6 Å². The molecule has 2 N–H and O–H groups in total. The predicted molar refractivity (Wildman–Crippen MR) is 89.4 cm³/mol. The molecule has 0 aliphatic heterocycles. The van der Waals surface area contributed by atoms with Crippen molar-refractivity contribution >= 4 is 5.69 Å². The number of anilines is 1. The first kappa shape index (κ1) is 17.0. The van der Waals surface area contributed by atoms with Gasteiger partial charge in [0.25, 0.3) is 0 Å². The Morgan fingerprint density at radius 1 is 1.00 bits per heavy atom. The van der Waals surface area contributed by atoms with Crippen molar-refractivity contribution in [1.29, 1.82) is 0 Å². The van der Waals surface area contributed by atoms with E-state index in [-0.39, 0.29) is 0 Å². The molecule has 1 aromatic rings. The average molecular weight is 277 g/mol. The van der Waals surface area contributed by atoms with Crippen LogP contribution < -0.4 is 10.6 Å². The molecule has 114 valence electrons. The van der Waals surface area contributed by atoms with Crippen molar-refractivity contribution in [3.05, 3.63) is 29.3 Å². The Bertz CT molecular complexity index is 386. The Morgan fingerprint density at radius 2 is 1.70 bits per heavy atom. The maximum Gasteiger partial charge on any atom is 0.0414 e. The van der Waals surface area contributed by atoms with E-state index in [9.17, 15) is 0 Å². The number of nitrogens with two attached hydrogens (primary N) is 1. The van der Waals surface area contributed by atoms with Crippen molar-refractivity contribution in [2.24, 2.45) is 5.73 Å². The Hall–Kier alpha value is -1.06. The summed E-state index contributed by atoms with van der Waals surface area (Å²) in [6.45, 7) is 15.0. The molecule has 0 saturated carbocycles. The molecule has 0 atom stereocenters. The van der Waals surface area contributed by atoms with Crippen LogP contribution in [0.5, 0.6) is 0 Å². The van der Waals surface area contributed by atoms with Gasteiger partial charge in [0.05, 0.1) is 0 Å². The van der Waals surface area contributed by atoms with E-state index >= 15 is 0 Å². The van der Waals surface area contributed by atoms with E-state index < -0.39 is 0 Å². The first-order chi connectivity index (χ1) is 9.65. The standard InChI is InChI=1S/C17H31N3/c1-5-19(6-2)11-8-12-20(7-3)17-13-15(4)9-10-16(17)14-18/h9-10,13H,5-8,11-12,14,18H2,1-4H3. The molecule has 0 saturated heterocycles. The molecular weight excluding hydrogens is 246 g/mol. The Kier molecular flexibility index (Phi) is 7.63. The Balaban J connectivity index is 2.68. The fraction of sp³-hybridized carbons (Fsp3) is 0.647. The van der Waals surface area contributed by atoms with Crippen molar-refractivity contribution in [2.45, 2.75) is 40.7 Å². The first-order valence-electron chi connectivity index (χ1n) is 7.93. The third-order valence-corrected chi connectivity index (χ3v) is 3.98. The summed E-state index contributed by atoms with van der Waals surface area (Å²) in [5.74, 6) is 0. The van der Waals surface area contributed by atoms with E-state index in [4.69, 9.17) is 5.73 Å². The van der Waals surface area contributed by atoms with Crippen LogP contribution in [0.2, 0.25) is 0 Å². The highest BCUT2D eigenvalue weighted by Gasteiger charge is 2.09. The van der Waals surface area contributed by atoms with Gasteiger partial charge in [0.15, 0.2) is 0 Å². The molecule has 0 heterocycles. The van der Waals surface area contributed by atoms with Crippen LogP contribution in [-0.2, 0) is 6.54 Å². The van der Waals surface area contributed by atoms with Crippen LogP contribution in [0.1, 0.15) is 38.3 Å². The van der Waals surface area contributed by atoms with Gasteiger partial charge in [0, 0.05) is 25.3 Å². The molecule has 0 aliphatic rings. The number of rotatable bonds is 9. The molecule has 1 aromatic carbocycles. The topological polar surface area (TPSA) is 32.5 Å². The van der Waals surface area contributed by atoms with E-state index in [1.165, 1.54) is 29.8 Å². The summed E-state index contributed by atoms with van der Waals surface area (Å²) < 4.78 is 0. The third-order valence-electron chi connectivity index (χ3n) is 3.98. The lowest BCUT2D eigenvalue weighted by Gasteiger charge is -2.27. The van der Waals surface area contributed by atoms with E-state index in [0.717, 1.165) is 26.2 Å². The second kappa shape index (κ2) is 8.98. The summed E-state index contributed by atoms with van der Waals surface area (Å²) in [4.78, 5) is 4.94. The van der Waals surface area contributed by atoms with Crippen molar-refractivity contribution < 1.29 is 0 Å².